The topological polar surface area (TPSA) is 276 Å². The number of nitro groups is 1. The van der Waals surface area contributed by atoms with Crippen LogP contribution in [0, 0.1) is 17.0 Å². The smallest absolute Gasteiger partial charge is 0.390 e. The average molecular weight is 617 g/mol. The molecular weight excluding hydrogens is 595 g/mol. The molecule has 1 aromatic heterocycles. The first-order valence-electron chi connectivity index (χ1n) is 10.6. The normalized spacial score (nSPS) is 22.8. The van der Waals surface area contributed by atoms with Gasteiger partial charge in [0, 0.05) is 29.8 Å². The second-order valence-electron chi connectivity index (χ2n) is 8.10. The number of aryl methyl sites for hydroxylation is 1. The first-order chi connectivity index (χ1) is 17.9. The second kappa shape index (κ2) is 11.6. The molecule has 0 aliphatic carbocycles. The lowest BCUT2D eigenvalue weighted by Gasteiger charge is -2.20. The fourth-order valence-electron chi connectivity index (χ4n) is 3.60. The maximum absolute atomic E-state index is 13.1. The van der Waals surface area contributed by atoms with Gasteiger partial charge in [0.25, 0.3) is 11.2 Å². The standard InChI is InChI=1S/C17H22N3O16P3/c1-10-7-18(17(23)19(16(10)22)8-11-4-2-3-5-12(11)20(24)25)15-6-13(21)14(34-15)9-33-38(29,30)36-39(31,32)35-37(26,27)28/h2-5,7,13-15,21H,6,8-9H2,1H3,(H,29,30)(H,31,32)(H2,26,27,28)/t13-,14+,15+/m0/s1. The largest absolute Gasteiger partial charge is 0.490 e. The third kappa shape index (κ3) is 8.08. The highest BCUT2D eigenvalue weighted by Gasteiger charge is 2.43. The number of benzene rings is 1. The predicted octanol–water partition coefficient (Wildman–Crippen LogP) is 0.267. The van der Waals surface area contributed by atoms with Crippen molar-refractivity contribution in [2.45, 2.75) is 38.3 Å². The van der Waals surface area contributed by atoms with Gasteiger partial charge >= 0.3 is 29.2 Å². The van der Waals surface area contributed by atoms with Gasteiger partial charge in [-0.25, -0.2) is 18.5 Å². The molecule has 216 valence electrons. The Morgan fingerprint density at radius 3 is 2.36 bits per heavy atom. The molecule has 1 fully saturated rings. The minimum absolute atomic E-state index is 0.0444. The van der Waals surface area contributed by atoms with Crippen LogP contribution in [0.4, 0.5) is 5.69 Å². The quantitative estimate of drug-likeness (QED) is 0.128. The molecule has 5 atom stereocenters. The van der Waals surface area contributed by atoms with Crippen molar-refractivity contribution in [3.63, 3.8) is 0 Å². The molecule has 1 aromatic carbocycles. The molecule has 22 heteroatoms. The van der Waals surface area contributed by atoms with Gasteiger partial charge in [-0.3, -0.25) is 28.6 Å². The molecule has 2 aromatic rings. The summed E-state index contributed by atoms with van der Waals surface area (Å²) in [4.78, 5) is 72.4. The number of nitrogens with zero attached hydrogens (tertiary/aromatic N) is 3. The van der Waals surface area contributed by atoms with E-state index in [2.05, 4.69) is 13.1 Å². The maximum atomic E-state index is 13.1. The van der Waals surface area contributed by atoms with Crippen LogP contribution in [0.15, 0.2) is 40.1 Å². The van der Waals surface area contributed by atoms with Crippen LogP contribution in [-0.4, -0.2) is 57.6 Å². The van der Waals surface area contributed by atoms with Crippen LogP contribution in [0.5, 0.6) is 0 Å². The maximum Gasteiger partial charge on any atom is 0.490 e. The Hall–Kier alpha value is -2.37. The van der Waals surface area contributed by atoms with Gasteiger partial charge in [-0.2, -0.15) is 8.62 Å². The van der Waals surface area contributed by atoms with Gasteiger partial charge in [0.05, 0.1) is 24.2 Å². The molecule has 2 heterocycles. The molecule has 2 unspecified atom stereocenters. The van der Waals surface area contributed by atoms with E-state index in [0.717, 1.165) is 15.3 Å². The van der Waals surface area contributed by atoms with E-state index in [1.54, 1.807) is 0 Å². The third-order valence-corrected chi connectivity index (χ3v) is 9.02. The zero-order valence-corrected chi connectivity index (χ0v) is 22.3. The predicted molar refractivity (Wildman–Crippen MR) is 126 cm³/mol. The lowest BCUT2D eigenvalue weighted by molar-refractivity contribution is -0.385. The Kier molecular flexibility index (Phi) is 9.29. The number of rotatable bonds is 11. The molecule has 5 N–H and O–H groups in total. The zero-order valence-electron chi connectivity index (χ0n) is 19.7. The van der Waals surface area contributed by atoms with Crippen molar-refractivity contribution in [3.05, 3.63) is 72.5 Å². The molecule has 19 nitrogen and oxygen atoms in total. The van der Waals surface area contributed by atoms with Crippen molar-refractivity contribution in [1.29, 1.82) is 0 Å². The van der Waals surface area contributed by atoms with Gasteiger partial charge < -0.3 is 29.4 Å². The molecule has 0 saturated carbocycles. The molecule has 0 radical (unpaired) electrons. The van der Waals surface area contributed by atoms with E-state index in [-0.39, 0.29) is 23.2 Å². The van der Waals surface area contributed by atoms with Crippen molar-refractivity contribution in [1.82, 2.24) is 9.13 Å². The number of hydrogen-bond acceptors (Lipinski definition) is 12. The number of para-hydroxylation sites is 1. The molecule has 1 saturated heterocycles. The highest BCUT2D eigenvalue weighted by Crippen LogP contribution is 2.66. The van der Waals surface area contributed by atoms with Crippen molar-refractivity contribution < 1.29 is 61.2 Å². The highest BCUT2D eigenvalue weighted by atomic mass is 31.3. The van der Waals surface area contributed by atoms with Crippen LogP contribution in [0.2, 0.25) is 0 Å². The van der Waals surface area contributed by atoms with Crippen LogP contribution in [-0.2, 0) is 38.1 Å². The molecule has 0 amide bonds. The van der Waals surface area contributed by atoms with Crippen LogP contribution in [0.1, 0.15) is 23.8 Å². The molecule has 1 aliphatic rings. The summed E-state index contributed by atoms with van der Waals surface area (Å²) in [5.74, 6) is 0. The number of phosphoric acid groups is 3. The number of aromatic nitrogens is 2. The number of phosphoric ester groups is 1. The van der Waals surface area contributed by atoms with Crippen molar-refractivity contribution in [2.24, 2.45) is 0 Å². The van der Waals surface area contributed by atoms with Crippen molar-refractivity contribution in [2.75, 3.05) is 6.61 Å². The third-order valence-electron chi connectivity index (χ3n) is 5.22. The molecule has 3 rings (SSSR count). The zero-order chi connectivity index (χ0) is 29.3. The summed E-state index contributed by atoms with van der Waals surface area (Å²) >= 11 is 0. The Morgan fingerprint density at radius 1 is 1.10 bits per heavy atom. The van der Waals surface area contributed by atoms with Gasteiger partial charge in [0.1, 0.15) is 12.3 Å². The minimum atomic E-state index is -5.76. The summed E-state index contributed by atoms with van der Waals surface area (Å²) in [7, 11) is -16.8. The van der Waals surface area contributed by atoms with Crippen LogP contribution < -0.4 is 11.2 Å². The molecular formula is C17H22N3O16P3. The van der Waals surface area contributed by atoms with E-state index in [0.29, 0.717) is 0 Å². The summed E-state index contributed by atoms with van der Waals surface area (Å²) in [6.45, 7) is -0.0570. The Morgan fingerprint density at radius 2 is 1.74 bits per heavy atom. The summed E-state index contributed by atoms with van der Waals surface area (Å²) in [5.41, 5.74) is -1.90. The fourth-order valence-corrected chi connectivity index (χ4v) is 6.63. The Bertz CT molecular complexity index is 1520. The van der Waals surface area contributed by atoms with E-state index in [1.807, 2.05) is 0 Å². The average Bonchev–Trinajstić information content (AvgIpc) is 3.15. The number of nitro benzene ring substituents is 1. The monoisotopic (exact) mass is 617 g/mol. The number of ether oxygens (including phenoxy) is 1. The minimum Gasteiger partial charge on any atom is -0.390 e. The fraction of sp³-hybridized carbons (Fsp3) is 0.412. The van der Waals surface area contributed by atoms with E-state index >= 15 is 0 Å². The van der Waals surface area contributed by atoms with Crippen LogP contribution >= 0.6 is 23.5 Å². The van der Waals surface area contributed by atoms with Crippen molar-refractivity contribution in [3.8, 4) is 0 Å². The summed E-state index contributed by atoms with van der Waals surface area (Å²) < 4.78 is 52.9. The Labute approximate surface area is 217 Å². The molecule has 0 spiro atoms. The lowest BCUT2D eigenvalue weighted by atomic mass is 10.1. The van der Waals surface area contributed by atoms with Crippen molar-refractivity contribution >= 4 is 29.2 Å². The van der Waals surface area contributed by atoms with Gasteiger partial charge in [-0.15, -0.1) is 0 Å². The lowest BCUT2D eigenvalue weighted by Crippen LogP contribution is -2.42. The Balaban J connectivity index is 1.79. The first kappa shape index (κ1) is 31.2. The molecule has 1 aliphatic heterocycles. The van der Waals surface area contributed by atoms with Crippen LogP contribution in [0.3, 0.4) is 0 Å². The van der Waals surface area contributed by atoms with Gasteiger partial charge in [-0.05, 0) is 6.92 Å². The van der Waals surface area contributed by atoms with E-state index < -0.39 is 71.2 Å². The van der Waals surface area contributed by atoms with Crippen LogP contribution in [0.25, 0.3) is 0 Å². The highest BCUT2D eigenvalue weighted by molar-refractivity contribution is 7.66. The van der Waals surface area contributed by atoms with E-state index in [1.165, 1.54) is 31.2 Å². The SMILES string of the molecule is Cc1cn([C@H]2C[C@H](O)[C@@H](COP(=O)(O)OP(=O)(O)OP(=O)(O)O)O2)c(=O)n(Cc2ccccc2[N+](=O)[O-])c1=O. The number of aliphatic hydroxyl groups excluding tert-OH is 1. The van der Waals surface area contributed by atoms with Gasteiger partial charge in [0.15, 0.2) is 0 Å². The van der Waals surface area contributed by atoms with E-state index in [9.17, 15) is 48.3 Å². The summed E-state index contributed by atoms with van der Waals surface area (Å²) in [6.07, 6.45) is -3.29. The summed E-state index contributed by atoms with van der Waals surface area (Å²) in [6, 6.07) is 5.47. The molecule has 39 heavy (non-hydrogen) atoms. The number of aliphatic hydroxyl groups is 1. The van der Waals surface area contributed by atoms with Gasteiger partial charge in [-0.1, -0.05) is 18.2 Å². The van der Waals surface area contributed by atoms with Gasteiger partial charge in [0.2, 0.25) is 0 Å². The second-order valence-corrected chi connectivity index (χ2v) is 12.5. The first-order valence-corrected chi connectivity index (χ1v) is 15.1. The van der Waals surface area contributed by atoms with E-state index in [4.69, 9.17) is 14.5 Å². The molecule has 0 bridgehead atoms. The summed E-state index contributed by atoms with van der Waals surface area (Å²) in [5, 5.41) is 21.6. The number of hydrogen-bond donors (Lipinski definition) is 5.